The molecule has 5 nitrogen and oxygen atoms in total. The second-order valence-corrected chi connectivity index (χ2v) is 6.10. The lowest BCUT2D eigenvalue weighted by molar-refractivity contribution is -0.118. The Morgan fingerprint density at radius 1 is 1.16 bits per heavy atom. The van der Waals surface area contributed by atoms with Gasteiger partial charge < -0.3 is 15.0 Å². The summed E-state index contributed by atoms with van der Waals surface area (Å²) in [5.41, 5.74) is 1.87. The number of hydrogen-bond donors (Lipinski definition) is 1. The molecule has 2 rings (SSSR count). The van der Waals surface area contributed by atoms with Crippen LogP contribution in [-0.2, 0) is 11.2 Å². The van der Waals surface area contributed by atoms with Gasteiger partial charge in [-0.1, -0.05) is 36.7 Å². The highest BCUT2D eigenvalue weighted by Gasteiger charge is 2.14. The molecular formula is C19H21ClN2O3. The average molecular weight is 361 g/mol. The highest BCUT2D eigenvalue weighted by atomic mass is 35.5. The Morgan fingerprint density at radius 2 is 1.88 bits per heavy atom. The molecule has 1 N–H and O–H groups in total. The largest absolute Gasteiger partial charge is 0.483 e. The fourth-order valence-electron chi connectivity index (χ4n) is 2.28. The van der Waals surface area contributed by atoms with Crippen molar-refractivity contribution < 1.29 is 14.3 Å². The van der Waals surface area contributed by atoms with E-state index < -0.39 is 0 Å². The number of amides is 2. The fourth-order valence-corrected chi connectivity index (χ4v) is 2.48. The molecule has 0 saturated heterocycles. The molecule has 25 heavy (non-hydrogen) atoms. The van der Waals surface area contributed by atoms with Crippen LogP contribution in [0, 0.1) is 0 Å². The van der Waals surface area contributed by atoms with Crippen LogP contribution in [0.2, 0.25) is 5.02 Å². The third-order valence-electron chi connectivity index (χ3n) is 3.60. The summed E-state index contributed by atoms with van der Waals surface area (Å²) in [5.74, 6) is 0.158. The van der Waals surface area contributed by atoms with Gasteiger partial charge in [0, 0.05) is 19.8 Å². The van der Waals surface area contributed by atoms with Crippen LogP contribution in [0.1, 0.15) is 22.8 Å². The molecule has 0 aliphatic rings. The number of nitrogens with one attached hydrogen (secondary N) is 1. The highest BCUT2D eigenvalue weighted by Crippen LogP contribution is 2.22. The molecular weight excluding hydrogens is 340 g/mol. The van der Waals surface area contributed by atoms with Gasteiger partial charge in [-0.2, -0.15) is 0 Å². The van der Waals surface area contributed by atoms with Gasteiger partial charge >= 0.3 is 0 Å². The van der Waals surface area contributed by atoms with Gasteiger partial charge in [0.2, 0.25) is 0 Å². The molecule has 132 valence electrons. The summed E-state index contributed by atoms with van der Waals surface area (Å²) >= 11 is 6.06. The molecule has 2 aromatic rings. The third-order valence-corrected chi connectivity index (χ3v) is 3.93. The van der Waals surface area contributed by atoms with Gasteiger partial charge in [-0.05, 0) is 36.2 Å². The molecule has 0 spiro atoms. The Labute approximate surface area is 152 Å². The summed E-state index contributed by atoms with van der Waals surface area (Å²) < 4.78 is 5.59. The predicted molar refractivity (Wildman–Crippen MR) is 99.4 cm³/mol. The summed E-state index contributed by atoms with van der Waals surface area (Å²) in [6.45, 7) is 1.91. The van der Waals surface area contributed by atoms with E-state index in [2.05, 4.69) is 5.32 Å². The zero-order valence-electron chi connectivity index (χ0n) is 14.5. The number of anilines is 1. The van der Waals surface area contributed by atoms with Crippen molar-refractivity contribution in [1.82, 2.24) is 4.90 Å². The van der Waals surface area contributed by atoms with Crippen molar-refractivity contribution in [3.63, 3.8) is 0 Å². The number of hydrogen-bond acceptors (Lipinski definition) is 3. The quantitative estimate of drug-likeness (QED) is 0.855. The first kappa shape index (κ1) is 18.8. The average Bonchev–Trinajstić information content (AvgIpc) is 2.61. The number of rotatable bonds is 6. The normalized spacial score (nSPS) is 10.2. The maximum Gasteiger partial charge on any atom is 0.262 e. The van der Waals surface area contributed by atoms with E-state index in [0.29, 0.717) is 22.0 Å². The molecule has 6 heteroatoms. The van der Waals surface area contributed by atoms with Crippen LogP contribution in [0.25, 0.3) is 0 Å². The van der Waals surface area contributed by atoms with E-state index in [1.54, 1.807) is 32.3 Å². The van der Waals surface area contributed by atoms with Gasteiger partial charge in [0.15, 0.2) is 6.61 Å². The Morgan fingerprint density at radius 3 is 2.56 bits per heavy atom. The predicted octanol–water partition coefficient (Wildman–Crippen LogP) is 3.62. The van der Waals surface area contributed by atoms with Crippen LogP contribution in [0.4, 0.5) is 5.69 Å². The fraction of sp³-hybridized carbons (Fsp3) is 0.263. The number of nitrogens with zero attached hydrogens (tertiary/aromatic N) is 1. The molecule has 0 bridgehead atoms. The lowest BCUT2D eigenvalue weighted by Crippen LogP contribution is -2.23. The van der Waals surface area contributed by atoms with Crippen LogP contribution in [0.3, 0.4) is 0 Å². The van der Waals surface area contributed by atoms with Crippen LogP contribution in [-0.4, -0.2) is 37.4 Å². The molecule has 0 aliphatic carbocycles. The first-order chi connectivity index (χ1) is 11.9. The maximum absolute atomic E-state index is 12.1. The molecule has 0 unspecified atom stereocenters. The molecule has 2 aromatic carbocycles. The second kappa shape index (κ2) is 8.53. The number of para-hydroxylation sites is 1. The topological polar surface area (TPSA) is 58.6 Å². The number of halogens is 1. The van der Waals surface area contributed by atoms with Crippen molar-refractivity contribution in [2.75, 3.05) is 26.0 Å². The summed E-state index contributed by atoms with van der Waals surface area (Å²) in [6, 6.07) is 12.4. The minimum Gasteiger partial charge on any atom is -0.483 e. The minimum atomic E-state index is -0.309. The lowest BCUT2D eigenvalue weighted by Gasteiger charge is -2.14. The lowest BCUT2D eigenvalue weighted by atomic mass is 10.1. The molecule has 0 heterocycles. The number of carbonyl (C=O) groups excluding carboxylic acids is 2. The molecule has 0 aliphatic heterocycles. The van der Waals surface area contributed by atoms with E-state index in [1.165, 1.54) is 4.90 Å². The third kappa shape index (κ3) is 4.97. The van der Waals surface area contributed by atoms with Crippen LogP contribution < -0.4 is 10.1 Å². The molecule has 0 atom stereocenters. The SMILES string of the molecule is CCc1ccccc1OCC(=O)Nc1ccc(Cl)c(C(=O)N(C)C)c1. The van der Waals surface area contributed by atoms with E-state index in [1.807, 2.05) is 31.2 Å². The van der Waals surface area contributed by atoms with Crippen molar-refractivity contribution in [3.05, 3.63) is 58.6 Å². The molecule has 0 saturated carbocycles. The van der Waals surface area contributed by atoms with E-state index in [0.717, 1.165) is 12.0 Å². The van der Waals surface area contributed by atoms with Crippen molar-refractivity contribution in [3.8, 4) is 5.75 Å². The van der Waals surface area contributed by atoms with Crippen LogP contribution >= 0.6 is 11.6 Å². The van der Waals surface area contributed by atoms with Crippen molar-refractivity contribution in [1.29, 1.82) is 0 Å². The van der Waals surface area contributed by atoms with Gasteiger partial charge in [-0.3, -0.25) is 9.59 Å². The van der Waals surface area contributed by atoms with Crippen molar-refractivity contribution >= 4 is 29.1 Å². The van der Waals surface area contributed by atoms with Crippen LogP contribution in [0.5, 0.6) is 5.75 Å². The summed E-state index contributed by atoms with van der Waals surface area (Å²) in [6.07, 6.45) is 0.824. The summed E-state index contributed by atoms with van der Waals surface area (Å²) in [4.78, 5) is 25.6. The van der Waals surface area contributed by atoms with Gasteiger partial charge in [-0.25, -0.2) is 0 Å². The van der Waals surface area contributed by atoms with E-state index >= 15 is 0 Å². The Kier molecular flexibility index (Phi) is 6.42. The minimum absolute atomic E-state index is 0.114. The molecule has 0 aromatic heterocycles. The number of aryl methyl sites for hydroxylation is 1. The zero-order valence-corrected chi connectivity index (χ0v) is 15.3. The smallest absolute Gasteiger partial charge is 0.262 e. The molecule has 0 fully saturated rings. The highest BCUT2D eigenvalue weighted by molar-refractivity contribution is 6.34. The standard InChI is InChI=1S/C19H21ClN2O3/c1-4-13-7-5-6-8-17(13)25-12-18(23)21-14-9-10-16(20)15(11-14)19(24)22(2)3/h5-11H,4,12H2,1-3H3,(H,21,23). The first-order valence-electron chi connectivity index (χ1n) is 7.94. The summed E-state index contributed by atoms with van der Waals surface area (Å²) in [5, 5.41) is 3.06. The second-order valence-electron chi connectivity index (χ2n) is 5.69. The van der Waals surface area contributed by atoms with E-state index in [9.17, 15) is 9.59 Å². The van der Waals surface area contributed by atoms with Crippen molar-refractivity contribution in [2.45, 2.75) is 13.3 Å². The Balaban J connectivity index is 2.03. The van der Waals surface area contributed by atoms with Gasteiger partial charge in [0.05, 0.1) is 10.6 Å². The van der Waals surface area contributed by atoms with Gasteiger partial charge in [0.25, 0.3) is 11.8 Å². The molecule has 2 amide bonds. The number of ether oxygens (including phenoxy) is 1. The monoisotopic (exact) mass is 360 g/mol. The van der Waals surface area contributed by atoms with Gasteiger partial charge in [-0.15, -0.1) is 0 Å². The Bertz CT molecular complexity index is 775. The zero-order chi connectivity index (χ0) is 18.4. The van der Waals surface area contributed by atoms with Crippen LogP contribution in [0.15, 0.2) is 42.5 Å². The molecule has 0 radical (unpaired) electrons. The number of benzene rings is 2. The maximum atomic E-state index is 12.1. The number of carbonyl (C=O) groups is 2. The van der Waals surface area contributed by atoms with E-state index in [4.69, 9.17) is 16.3 Å². The van der Waals surface area contributed by atoms with Gasteiger partial charge in [0.1, 0.15) is 5.75 Å². The summed E-state index contributed by atoms with van der Waals surface area (Å²) in [7, 11) is 3.28. The van der Waals surface area contributed by atoms with E-state index in [-0.39, 0.29) is 18.4 Å². The first-order valence-corrected chi connectivity index (χ1v) is 8.32. The van der Waals surface area contributed by atoms with Crippen molar-refractivity contribution in [2.24, 2.45) is 0 Å². The Hall–Kier alpha value is -2.53.